The number of aliphatic hydroxyl groups excluding tert-OH is 1. The fraction of sp³-hybridized carbons (Fsp3) is 0.348. The van der Waals surface area contributed by atoms with Crippen molar-refractivity contribution in [1.82, 2.24) is 15.2 Å². The number of thiazole rings is 1. The van der Waals surface area contributed by atoms with E-state index in [2.05, 4.69) is 15.5 Å². The summed E-state index contributed by atoms with van der Waals surface area (Å²) in [6.45, 7) is 3.84. The van der Waals surface area contributed by atoms with E-state index < -0.39 is 34.1 Å². The lowest BCUT2D eigenvalue weighted by Gasteiger charge is -2.48. The molecule has 39 heavy (non-hydrogen) atoms. The number of hydrogen-bond acceptors (Lipinski definition) is 13. The fourth-order valence-electron chi connectivity index (χ4n) is 3.59. The van der Waals surface area contributed by atoms with Gasteiger partial charge in [-0.15, -0.1) is 23.1 Å². The van der Waals surface area contributed by atoms with Gasteiger partial charge in [-0.3, -0.25) is 24.6 Å². The molecule has 1 aromatic carbocycles. The second-order valence-corrected chi connectivity index (χ2v) is 10.9. The van der Waals surface area contributed by atoms with Gasteiger partial charge in [0, 0.05) is 17.5 Å². The van der Waals surface area contributed by atoms with Crippen LogP contribution in [0.25, 0.3) is 0 Å². The first-order valence-corrected chi connectivity index (χ1v) is 13.5. The van der Waals surface area contributed by atoms with Crippen LogP contribution in [-0.2, 0) is 30.6 Å². The molecule has 4 N–H and O–H groups in total. The number of anilines is 1. The van der Waals surface area contributed by atoms with Gasteiger partial charge in [-0.2, -0.15) is 0 Å². The molecule has 1 fully saturated rings. The predicted octanol–water partition coefficient (Wildman–Crippen LogP) is 1.92. The number of nitrogens with two attached hydrogens (primary N) is 1. The zero-order valence-electron chi connectivity index (χ0n) is 20.7. The summed E-state index contributed by atoms with van der Waals surface area (Å²) in [5.41, 5.74) is 5.76. The second kappa shape index (κ2) is 11.7. The van der Waals surface area contributed by atoms with E-state index in [-0.39, 0.29) is 58.6 Å². The predicted molar refractivity (Wildman–Crippen MR) is 141 cm³/mol. The maximum Gasteiger partial charge on any atom is 0.358 e. The lowest BCUT2D eigenvalue weighted by atomic mass is 10.0. The van der Waals surface area contributed by atoms with Crippen LogP contribution >= 0.6 is 23.1 Å². The van der Waals surface area contributed by atoms with Gasteiger partial charge in [-0.1, -0.05) is 19.0 Å². The van der Waals surface area contributed by atoms with Crippen molar-refractivity contribution >= 4 is 57.4 Å². The number of nitrogens with one attached hydrogen (secondary N) is 1. The first-order chi connectivity index (χ1) is 18.6. The molecule has 2 amide bonds. The van der Waals surface area contributed by atoms with Gasteiger partial charge in [0.1, 0.15) is 36.1 Å². The van der Waals surface area contributed by atoms with Crippen molar-refractivity contribution in [2.75, 3.05) is 18.1 Å². The number of β-lactam (4-membered cyclic amide) rings is 1. The molecule has 1 unspecified atom stereocenters. The largest absolute Gasteiger partial charge is 0.509 e. The van der Waals surface area contributed by atoms with Crippen molar-refractivity contribution < 1.29 is 34.0 Å². The number of nitro groups is 1. The van der Waals surface area contributed by atoms with E-state index in [1.165, 1.54) is 29.6 Å². The Bertz CT molecular complexity index is 1360. The summed E-state index contributed by atoms with van der Waals surface area (Å²) in [7, 11) is 0. The summed E-state index contributed by atoms with van der Waals surface area (Å²) >= 11 is 2.27. The minimum Gasteiger partial charge on any atom is -0.509 e. The SMILES string of the molecule is CC(C)CON=C(C(=O)NC1C(=O)N2C(C(=O)OCc3ccc([N+](=O)[O-])cc3)=C(O)CS[C@@H]12)c1csc(N)n1. The minimum atomic E-state index is -1.01. The van der Waals surface area contributed by atoms with Crippen LogP contribution in [0.5, 0.6) is 0 Å². The van der Waals surface area contributed by atoms with E-state index in [1.807, 2.05) is 13.8 Å². The molecule has 2 aromatic rings. The average molecular weight is 577 g/mol. The highest BCUT2D eigenvalue weighted by molar-refractivity contribution is 8.00. The summed E-state index contributed by atoms with van der Waals surface area (Å²) in [5.74, 6) is -2.48. The Labute approximate surface area is 230 Å². The quantitative estimate of drug-likeness (QED) is 0.123. The number of carbonyl (C=O) groups excluding carboxylic acids is 3. The zero-order valence-corrected chi connectivity index (χ0v) is 22.4. The summed E-state index contributed by atoms with van der Waals surface area (Å²) in [6, 6.07) is 4.38. The monoisotopic (exact) mass is 576 g/mol. The normalized spacial score (nSPS) is 18.9. The van der Waals surface area contributed by atoms with Crippen molar-refractivity contribution in [1.29, 1.82) is 0 Å². The maximum absolute atomic E-state index is 13.1. The Hall–Kier alpha value is -4.18. The molecule has 0 bridgehead atoms. The number of esters is 1. The highest BCUT2D eigenvalue weighted by atomic mass is 32.2. The molecule has 1 saturated heterocycles. The van der Waals surface area contributed by atoms with Gasteiger partial charge < -0.3 is 25.7 Å². The number of aliphatic hydroxyl groups is 1. The Morgan fingerprint density at radius 3 is 2.69 bits per heavy atom. The summed E-state index contributed by atoms with van der Waals surface area (Å²) < 4.78 is 5.25. The number of non-ortho nitro benzene ring substituents is 1. The van der Waals surface area contributed by atoms with Crippen LogP contribution in [0.4, 0.5) is 10.8 Å². The number of nitrogens with zero attached hydrogens (tertiary/aromatic N) is 4. The third kappa shape index (κ3) is 6.12. The maximum atomic E-state index is 13.1. The van der Waals surface area contributed by atoms with Gasteiger partial charge in [0.2, 0.25) is 0 Å². The highest BCUT2D eigenvalue weighted by Gasteiger charge is 2.55. The number of thioether (sulfide) groups is 1. The molecule has 2 aliphatic rings. The molecule has 1 aromatic heterocycles. The Morgan fingerprint density at radius 2 is 2.08 bits per heavy atom. The Morgan fingerprint density at radius 1 is 1.36 bits per heavy atom. The molecule has 0 aliphatic carbocycles. The lowest BCUT2D eigenvalue weighted by molar-refractivity contribution is -0.384. The number of carbonyl (C=O) groups is 3. The van der Waals surface area contributed by atoms with E-state index in [9.17, 15) is 29.6 Å². The summed E-state index contributed by atoms with van der Waals surface area (Å²) in [5, 5.41) is 28.8. The van der Waals surface area contributed by atoms with Crippen LogP contribution in [0.2, 0.25) is 0 Å². The molecular formula is C23H24N6O8S2. The standard InChI is InChI=1S/C23H24N6O8S2/c1-11(2)7-37-27-16(14-9-39-23(24)25-14)19(31)26-17-20(32)28-18(15(30)10-38-21(17)28)22(33)36-8-12-3-5-13(6-4-12)29(34)35/h3-6,9,11,17,21,30H,7-8,10H2,1-2H3,(H2,24,25)(H,26,31)/t17?,21-/m0/s1. The zero-order chi connectivity index (χ0) is 28.3. The number of hydrogen-bond donors (Lipinski definition) is 3. The molecule has 3 heterocycles. The van der Waals surface area contributed by atoms with Crippen LogP contribution in [0.1, 0.15) is 25.1 Å². The number of aromatic nitrogens is 1. The number of nitrogen functional groups attached to an aromatic ring is 1. The number of amides is 2. The van der Waals surface area contributed by atoms with E-state index in [0.717, 1.165) is 28.0 Å². The first-order valence-electron chi connectivity index (χ1n) is 11.6. The van der Waals surface area contributed by atoms with Crippen molar-refractivity contribution in [3.05, 3.63) is 62.5 Å². The highest BCUT2D eigenvalue weighted by Crippen LogP contribution is 2.40. The molecule has 14 nitrogen and oxygen atoms in total. The second-order valence-electron chi connectivity index (χ2n) is 8.86. The summed E-state index contributed by atoms with van der Waals surface area (Å²) in [4.78, 5) is 59.5. The van der Waals surface area contributed by atoms with E-state index in [0.29, 0.717) is 5.56 Å². The molecule has 0 spiro atoms. The number of nitro benzene ring substituents is 1. The van der Waals surface area contributed by atoms with E-state index >= 15 is 0 Å². The minimum absolute atomic E-state index is 0.00382. The lowest BCUT2D eigenvalue weighted by Crippen LogP contribution is -2.71. The number of fused-ring (bicyclic) bond motifs is 1. The van der Waals surface area contributed by atoms with Gasteiger partial charge in [0.15, 0.2) is 16.5 Å². The fourth-order valence-corrected chi connectivity index (χ4v) is 5.33. The molecule has 2 atom stereocenters. The van der Waals surface area contributed by atoms with Crippen molar-refractivity contribution in [2.45, 2.75) is 31.9 Å². The number of rotatable bonds is 10. The molecule has 0 saturated carbocycles. The number of oxime groups is 1. The van der Waals surface area contributed by atoms with Crippen LogP contribution in [0, 0.1) is 16.0 Å². The molecule has 2 aliphatic heterocycles. The third-order valence-electron chi connectivity index (χ3n) is 5.49. The average Bonchev–Trinajstić information content (AvgIpc) is 3.33. The molecule has 4 rings (SSSR count). The topological polar surface area (TPSA) is 200 Å². The van der Waals surface area contributed by atoms with Crippen molar-refractivity contribution in [3.8, 4) is 0 Å². The van der Waals surface area contributed by atoms with Crippen LogP contribution in [0.15, 0.2) is 46.3 Å². The molecule has 0 radical (unpaired) electrons. The number of ether oxygens (including phenoxy) is 1. The van der Waals surface area contributed by atoms with Crippen molar-refractivity contribution in [3.63, 3.8) is 0 Å². The van der Waals surface area contributed by atoms with Crippen LogP contribution in [0.3, 0.4) is 0 Å². The van der Waals surface area contributed by atoms with Gasteiger partial charge in [-0.25, -0.2) is 9.78 Å². The van der Waals surface area contributed by atoms with E-state index in [4.69, 9.17) is 15.3 Å². The smallest absolute Gasteiger partial charge is 0.358 e. The molecule has 16 heteroatoms. The van der Waals surface area contributed by atoms with Gasteiger partial charge in [0.05, 0.1) is 10.7 Å². The Balaban J connectivity index is 1.43. The van der Waals surface area contributed by atoms with Gasteiger partial charge in [0.25, 0.3) is 17.5 Å². The summed E-state index contributed by atoms with van der Waals surface area (Å²) in [6.07, 6.45) is 0. The Kier molecular flexibility index (Phi) is 8.35. The van der Waals surface area contributed by atoms with Crippen molar-refractivity contribution in [2.24, 2.45) is 11.1 Å². The third-order valence-corrected chi connectivity index (χ3v) is 7.43. The molecular weight excluding hydrogens is 552 g/mol. The number of benzene rings is 1. The molecule has 206 valence electrons. The van der Waals surface area contributed by atoms with E-state index in [1.54, 1.807) is 0 Å². The van der Waals surface area contributed by atoms with Crippen LogP contribution < -0.4 is 11.1 Å². The first kappa shape index (κ1) is 27.8. The van der Waals surface area contributed by atoms with Gasteiger partial charge in [-0.05, 0) is 23.6 Å². The van der Waals surface area contributed by atoms with Crippen LogP contribution in [-0.4, -0.2) is 67.2 Å². The van der Waals surface area contributed by atoms with Gasteiger partial charge >= 0.3 is 5.97 Å².